The van der Waals surface area contributed by atoms with Gasteiger partial charge in [-0.3, -0.25) is 14.4 Å². The maximum atomic E-state index is 13.1. The van der Waals surface area contributed by atoms with Crippen molar-refractivity contribution in [2.45, 2.75) is 58.9 Å². The van der Waals surface area contributed by atoms with Crippen LogP contribution in [0.2, 0.25) is 5.02 Å². The largest absolute Gasteiger partial charge is 0.342 e. The molecule has 2 aromatic rings. The Balaban J connectivity index is 1.98. The van der Waals surface area contributed by atoms with Crippen LogP contribution in [0.15, 0.2) is 35.1 Å². The number of rotatable bonds is 5. The van der Waals surface area contributed by atoms with Gasteiger partial charge in [0, 0.05) is 22.7 Å². The zero-order chi connectivity index (χ0) is 21.4. The maximum Gasteiger partial charge on any atom is 0.261 e. The van der Waals surface area contributed by atoms with E-state index in [9.17, 15) is 14.4 Å². The molecule has 1 amide bonds. The van der Waals surface area contributed by atoms with Gasteiger partial charge < -0.3 is 10.3 Å². The Labute approximate surface area is 175 Å². The molecule has 1 aromatic heterocycles. The summed E-state index contributed by atoms with van der Waals surface area (Å²) < 4.78 is 0. The Morgan fingerprint density at radius 3 is 2.34 bits per heavy atom. The highest BCUT2D eigenvalue weighted by molar-refractivity contribution is 6.30. The molecule has 29 heavy (non-hydrogen) atoms. The summed E-state index contributed by atoms with van der Waals surface area (Å²) in [5.74, 6) is -0.526. The zero-order valence-corrected chi connectivity index (χ0v) is 18.1. The van der Waals surface area contributed by atoms with Gasteiger partial charge in [0.25, 0.3) is 11.5 Å². The first kappa shape index (κ1) is 21.3. The Morgan fingerprint density at radius 1 is 1.14 bits per heavy atom. The summed E-state index contributed by atoms with van der Waals surface area (Å²) in [6.07, 6.45) is 2.29. The summed E-state index contributed by atoms with van der Waals surface area (Å²) in [6, 6.07) is 8.81. The topological polar surface area (TPSA) is 79.0 Å². The molecule has 3 rings (SSSR count). The molecule has 1 aromatic carbocycles. The molecule has 2 N–H and O–H groups in total. The van der Waals surface area contributed by atoms with E-state index >= 15 is 0 Å². The van der Waals surface area contributed by atoms with Gasteiger partial charge in [-0.25, -0.2) is 0 Å². The molecule has 0 fully saturated rings. The molecule has 1 heterocycles. The molecule has 0 saturated carbocycles. The molecule has 0 atom stereocenters. The lowest BCUT2D eigenvalue weighted by molar-refractivity contribution is 0.0887. The van der Waals surface area contributed by atoms with Crippen LogP contribution in [0, 0.1) is 5.41 Å². The third-order valence-electron chi connectivity index (χ3n) is 5.92. The van der Waals surface area contributed by atoms with Gasteiger partial charge in [-0.05, 0) is 48.4 Å². The number of aromatic amines is 1. The molecule has 0 unspecified atom stereocenters. The van der Waals surface area contributed by atoms with Crippen molar-refractivity contribution < 1.29 is 9.59 Å². The summed E-state index contributed by atoms with van der Waals surface area (Å²) in [4.78, 5) is 41.1. The van der Waals surface area contributed by atoms with Gasteiger partial charge in [-0.2, -0.15) is 0 Å². The molecule has 0 aliphatic heterocycles. The maximum absolute atomic E-state index is 13.1. The predicted octanol–water partition coefficient (Wildman–Crippen LogP) is 4.63. The van der Waals surface area contributed by atoms with E-state index in [1.807, 2.05) is 39.8 Å². The van der Waals surface area contributed by atoms with Gasteiger partial charge in [-0.15, -0.1) is 0 Å². The lowest BCUT2D eigenvalue weighted by atomic mass is 9.75. The van der Waals surface area contributed by atoms with E-state index < -0.39 is 17.0 Å². The molecular formula is C23H27ClN2O3. The minimum absolute atomic E-state index is 0.0305. The lowest BCUT2D eigenvalue weighted by Gasteiger charge is -2.34. The molecule has 154 valence electrons. The van der Waals surface area contributed by atoms with Crippen molar-refractivity contribution in [3.63, 3.8) is 0 Å². The summed E-state index contributed by atoms with van der Waals surface area (Å²) in [5, 5.41) is 3.67. The van der Waals surface area contributed by atoms with E-state index in [2.05, 4.69) is 10.3 Å². The normalized spacial score (nSPS) is 15.7. The summed E-state index contributed by atoms with van der Waals surface area (Å²) in [6.45, 7) is 7.97. The number of pyridine rings is 1. The predicted molar refractivity (Wildman–Crippen MR) is 115 cm³/mol. The number of carbonyl (C=O) groups excluding carboxylic acids is 2. The molecule has 5 nitrogen and oxygen atoms in total. The second-order valence-corrected chi connectivity index (χ2v) is 9.03. The molecule has 0 saturated heterocycles. The van der Waals surface area contributed by atoms with E-state index in [0.717, 1.165) is 5.56 Å². The third kappa shape index (κ3) is 4.15. The summed E-state index contributed by atoms with van der Waals surface area (Å²) in [5.41, 5.74) is 0.649. The van der Waals surface area contributed by atoms with Crippen LogP contribution in [0.5, 0.6) is 0 Å². The first-order chi connectivity index (χ1) is 13.6. The average Bonchev–Trinajstić information content (AvgIpc) is 2.65. The number of halogens is 1. The fourth-order valence-electron chi connectivity index (χ4n) is 4.16. The minimum Gasteiger partial charge on any atom is -0.342 e. The molecule has 1 aliphatic carbocycles. The van der Waals surface area contributed by atoms with E-state index in [0.29, 0.717) is 42.0 Å². The quantitative estimate of drug-likeness (QED) is 0.748. The first-order valence-corrected chi connectivity index (χ1v) is 10.4. The third-order valence-corrected chi connectivity index (χ3v) is 6.17. The van der Waals surface area contributed by atoms with E-state index in [1.54, 1.807) is 12.1 Å². The number of nitrogens with one attached hydrogen (secondary N) is 2. The first-order valence-electron chi connectivity index (χ1n) is 9.99. The highest BCUT2D eigenvalue weighted by Crippen LogP contribution is 2.34. The van der Waals surface area contributed by atoms with Crippen LogP contribution in [0.1, 0.15) is 78.9 Å². The number of ketones is 1. The molecule has 1 aliphatic rings. The molecule has 0 radical (unpaired) electrons. The smallest absolute Gasteiger partial charge is 0.261 e. The van der Waals surface area contributed by atoms with E-state index in [4.69, 9.17) is 11.6 Å². The Morgan fingerprint density at radius 2 is 1.76 bits per heavy atom. The van der Waals surface area contributed by atoms with Gasteiger partial charge in [0.15, 0.2) is 5.78 Å². The monoisotopic (exact) mass is 414 g/mol. The van der Waals surface area contributed by atoms with Crippen molar-refractivity contribution in [1.29, 1.82) is 0 Å². The number of Topliss-reactive ketones (excluding diaryl/α,β-unsaturated/α-hetero) is 1. The Kier molecular flexibility index (Phi) is 5.72. The van der Waals surface area contributed by atoms with Crippen LogP contribution < -0.4 is 10.9 Å². The van der Waals surface area contributed by atoms with E-state index in [-0.39, 0.29) is 16.8 Å². The number of fused-ring (bicyclic) bond motifs is 1. The number of carbonyl (C=O) groups is 2. The molecule has 6 heteroatoms. The Hall–Kier alpha value is -2.40. The van der Waals surface area contributed by atoms with Crippen LogP contribution in [0.25, 0.3) is 0 Å². The molecule has 0 spiro atoms. The van der Waals surface area contributed by atoms with Crippen LogP contribution in [0.4, 0.5) is 0 Å². The SMILES string of the molecule is CCC(CC)(NC(=O)c1cc2c([nH]c1=O)CC(C)(C)CC2=O)c1ccc(Cl)cc1. The van der Waals surface area contributed by atoms with Gasteiger partial charge in [0.2, 0.25) is 0 Å². The van der Waals surface area contributed by atoms with Crippen molar-refractivity contribution in [2.24, 2.45) is 5.41 Å². The van der Waals surface area contributed by atoms with Crippen molar-refractivity contribution in [2.75, 3.05) is 0 Å². The van der Waals surface area contributed by atoms with Crippen molar-refractivity contribution in [1.82, 2.24) is 10.3 Å². The van der Waals surface area contributed by atoms with Crippen LogP contribution in [-0.2, 0) is 12.0 Å². The van der Waals surface area contributed by atoms with Gasteiger partial charge in [0.1, 0.15) is 5.56 Å². The average molecular weight is 415 g/mol. The summed E-state index contributed by atoms with van der Waals surface area (Å²) >= 11 is 6.01. The number of amides is 1. The highest BCUT2D eigenvalue weighted by Gasteiger charge is 2.35. The molecule has 0 bridgehead atoms. The Bertz CT molecular complexity index is 1000. The van der Waals surface area contributed by atoms with Crippen molar-refractivity contribution in [3.8, 4) is 0 Å². The lowest BCUT2D eigenvalue weighted by Crippen LogP contribution is -2.46. The fourth-order valence-corrected chi connectivity index (χ4v) is 4.28. The fraction of sp³-hybridized carbons (Fsp3) is 0.435. The zero-order valence-electron chi connectivity index (χ0n) is 17.3. The standard InChI is InChI=1S/C23H27ClN2O3/c1-5-23(6-2,14-7-9-15(24)10-8-14)26-21(29)17-11-16-18(25-20(17)28)12-22(3,4)13-19(16)27/h7-11H,5-6,12-13H2,1-4H3,(H,25,28)(H,26,29). The second kappa shape index (κ2) is 7.79. The van der Waals surface area contributed by atoms with Crippen LogP contribution in [-0.4, -0.2) is 16.7 Å². The number of hydrogen-bond acceptors (Lipinski definition) is 3. The van der Waals surface area contributed by atoms with Crippen LogP contribution in [0.3, 0.4) is 0 Å². The number of aromatic nitrogens is 1. The highest BCUT2D eigenvalue weighted by atomic mass is 35.5. The number of hydrogen-bond donors (Lipinski definition) is 2. The second-order valence-electron chi connectivity index (χ2n) is 8.60. The van der Waals surface area contributed by atoms with Gasteiger partial charge >= 0.3 is 0 Å². The summed E-state index contributed by atoms with van der Waals surface area (Å²) in [7, 11) is 0. The van der Waals surface area contributed by atoms with Gasteiger partial charge in [0.05, 0.1) is 5.54 Å². The van der Waals surface area contributed by atoms with Crippen LogP contribution >= 0.6 is 11.6 Å². The minimum atomic E-state index is -0.629. The van der Waals surface area contributed by atoms with Gasteiger partial charge in [-0.1, -0.05) is 51.4 Å². The number of benzene rings is 1. The molecular weight excluding hydrogens is 388 g/mol. The van der Waals surface area contributed by atoms with Crippen molar-refractivity contribution >= 4 is 23.3 Å². The van der Waals surface area contributed by atoms with E-state index in [1.165, 1.54) is 6.07 Å². The number of H-pyrrole nitrogens is 1. The van der Waals surface area contributed by atoms with Crippen molar-refractivity contribution in [3.05, 3.63) is 68.1 Å².